The van der Waals surface area contributed by atoms with E-state index in [2.05, 4.69) is 4.98 Å². The molecule has 0 saturated heterocycles. The number of carbonyl (C=O) groups is 1. The van der Waals surface area contributed by atoms with Crippen LogP contribution in [0.1, 0.15) is 21.6 Å². The minimum Gasteiger partial charge on any atom is -0.476 e. The van der Waals surface area contributed by atoms with Crippen molar-refractivity contribution < 1.29 is 14.3 Å². The number of hydrogen-bond donors (Lipinski definition) is 2. The van der Waals surface area contributed by atoms with Crippen LogP contribution in [0, 0.1) is 19.7 Å². The van der Waals surface area contributed by atoms with Crippen molar-refractivity contribution in [2.24, 2.45) is 0 Å². The first-order chi connectivity index (χ1) is 9.32. The van der Waals surface area contributed by atoms with Crippen LogP contribution in [0.4, 0.5) is 10.1 Å². The molecule has 1 aromatic carbocycles. The van der Waals surface area contributed by atoms with Gasteiger partial charge in [-0.1, -0.05) is 23.7 Å². The van der Waals surface area contributed by atoms with Gasteiger partial charge in [-0.25, -0.2) is 14.2 Å². The maximum Gasteiger partial charge on any atom is 0.356 e. The van der Waals surface area contributed by atoms with Crippen LogP contribution in [0.2, 0.25) is 5.02 Å². The van der Waals surface area contributed by atoms with Crippen molar-refractivity contribution in [1.29, 1.82) is 0 Å². The average molecular weight is 295 g/mol. The maximum atomic E-state index is 13.6. The fraction of sp³-hybridized carbons (Fsp3) is 0.143. The third kappa shape index (κ3) is 2.32. The van der Waals surface area contributed by atoms with E-state index in [4.69, 9.17) is 22.4 Å². The van der Waals surface area contributed by atoms with E-state index in [9.17, 15) is 9.18 Å². The molecule has 0 saturated carbocycles. The van der Waals surface area contributed by atoms with Crippen LogP contribution < -0.4 is 5.73 Å². The summed E-state index contributed by atoms with van der Waals surface area (Å²) in [4.78, 5) is 15.1. The zero-order valence-electron chi connectivity index (χ0n) is 10.9. The summed E-state index contributed by atoms with van der Waals surface area (Å²) in [6, 6.07) is 4.55. The van der Waals surface area contributed by atoms with E-state index < -0.39 is 11.8 Å². The maximum absolute atomic E-state index is 13.6. The van der Waals surface area contributed by atoms with Crippen molar-refractivity contribution in [2.45, 2.75) is 13.8 Å². The SMILES string of the molecule is Cc1ccc(-c2nc(C(=O)O)c(Cl)c(N)c2C)cc1F. The van der Waals surface area contributed by atoms with Crippen molar-refractivity contribution >= 4 is 23.3 Å². The van der Waals surface area contributed by atoms with E-state index in [0.29, 0.717) is 22.4 Å². The van der Waals surface area contributed by atoms with Crippen molar-refractivity contribution in [3.8, 4) is 11.3 Å². The number of carboxylic acid groups (broad SMARTS) is 1. The molecule has 2 rings (SSSR count). The van der Waals surface area contributed by atoms with E-state index in [1.54, 1.807) is 26.0 Å². The van der Waals surface area contributed by atoms with Gasteiger partial charge in [-0.3, -0.25) is 0 Å². The van der Waals surface area contributed by atoms with E-state index in [1.165, 1.54) is 6.07 Å². The van der Waals surface area contributed by atoms with E-state index in [-0.39, 0.29) is 16.4 Å². The second kappa shape index (κ2) is 5.09. The summed E-state index contributed by atoms with van der Waals surface area (Å²) in [6.45, 7) is 3.30. The molecular formula is C14H12ClFN2O2. The van der Waals surface area contributed by atoms with Crippen molar-refractivity contribution in [2.75, 3.05) is 5.73 Å². The average Bonchev–Trinajstić information content (AvgIpc) is 2.39. The molecule has 0 spiro atoms. The third-order valence-corrected chi connectivity index (χ3v) is 3.46. The number of carboxylic acids is 1. The molecule has 0 bridgehead atoms. The van der Waals surface area contributed by atoms with Gasteiger partial charge in [0, 0.05) is 5.56 Å². The van der Waals surface area contributed by atoms with Crippen LogP contribution in [0.15, 0.2) is 18.2 Å². The number of halogens is 2. The molecule has 0 unspecified atom stereocenters. The second-order valence-electron chi connectivity index (χ2n) is 4.43. The number of aryl methyl sites for hydroxylation is 1. The molecular weight excluding hydrogens is 283 g/mol. The lowest BCUT2D eigenvalue weighted by atomic mass is 10.0. The van der Waals surface area contributed by atoms with E-state index in [0.717, 1.165) is 0 Å². The summed E-state index contributed by atoms with van der Waals surface area (Å²) >= 11 is 5.87. The number of benzene rings is 1. The fourth-order valence-corrected chi connectivity index (χ4v) is 2.09. The Labute approximate surface area is 120 Å². The fourth-order valence-electron chi connectivity index (χ4n) is 1.83. The number of hydrogen-bond acceptors (Lipinski definition) is 3. The summed E-state index contributed by atoms with van der Waals surface area (Å²) in [7, 11) is 0. The van der Waals surface area contributed by atoms with Gasteiger partial charge in [0.1, 0.15) is 5.82 Å². The van der Waals surface area contributed by atoms with Crippen LogP contribution in [-0.4, -0.2) is 16.1 Å². The molecule has 0 atom stereocenters. The summed E-state index contributed by atoms with van der Waals surface area (Å²) in [5.74, 6) is -1.68. The molecule has 0 aliphatic carbocycles. The first kappa shape index (κ1) is 14.3. The summed E-state index contributed by atoms with van der Waals surface area (Å²) in [5.41, 5.74) is 7.36. The highest BCUT2D eigenvalue weighted by atomic mass is 35.5. The normalized spacial score (nSPS) is 10.6. The van der Waals surface area contributed by atoms with Crippen LogP contribution in [0.25, 0.3) is 11.3 Å². The molecule has 0 aliphatic rings. The van der Waals surface area contributed by atoms with Gasteiger partial charge in [0.05, 0.1) is 16.4 Å². The van der Waals surface area contributed by atoms with Gasteiger partial charge in [0.2, 0.25) is 0 Å². The van der Waals surface area contributed by atoms with Gasteiger partial charge in [0.15, 0.2) is 5.69 Å². The molecule has 3 N–H and O–H groups in total. The number of anilines is 1. The molecule has 20 heavy (non-hydrogen) atoms. The van der Waals surface area contributed by atoms with Crippen LogP contribution in [0.3, 0.4) is 0 Å². The Morgan fingerprint density at radius 3 is 2.60 bits per heavy atom. The van der Waals surface area contributed by atoms with Crippen molar-refractivity contribution in [3.63, 3.8) is 0 Å². The minimum atomic E-state index is -1.28. The number of aromatic carboxylic acids is 1. The van der Waals surface area contributed by atoms with Crippen LogP contribution in [0.5, 0.6) is 0 Å². The molecule has 0 fully saturated rings. The van der Waals surface area contributed by atoms with Gasteiger partial charge >= 0.3 is 5.97 Å². The highest BCUT2D eigenvalue weighted by Crippen LogP contribution is 2.33. The molecule has 104 valence electrons. The van der Waals surface area contributed by atoms with E-state index in [1.807, 2.05) is 0 Å². The first-order valence-corrected chi connectivity index (χ1v) is 6.16. The monoisotopic (exact) mass is 294 g/mol. The number of aromatic nitrogens is 1. The number of nitrogens with two attached hydrogens (primary N) is 1. The highest BCUT2D eigenvalue weighted by Gasteiger charge is 2.19. The lowest BCUT2D eigenvalue weighted by Gasteiger charge is -2.12. The lowest BCUT2D eigenvalue weighted by Crippen LogP contribution is -2.07. The van der Waals surface area contributed by atoms with Crippen molar-refractivity contribution in [1.82, 2.24) is 4.98 Å². The highest BCUT2D eigenvalue weighted by molar-refractivity contribution is 6.36. The van der Waals surface area contributed by atoms with Gasteiger partial charge in [-0.05, 0) is 31.0 Å². The summed E-state index contributed by atoms with van der Waals surface area (Å²) < 4.78 is 13.6. The summed E-state index contributed by atoms with van der Waals surface area (Å²) in [6.07, 6.45) is 0. The zero-order valence-corrected chi connectivity index (χ0v) is 11.6. The number of nitrogens with zero attached hydrogens (tertiary/aromatic N) is 1. The second-order valence-corrected chi connectivity index (χ2v) is 4.81. The standard InChI is InChI=1S/C14H12ClFN2O2/c1-6-3-4-8(5-9(6)16)12-7(2)11(17)10(15)13(18-12)14(19)20/h3-5H,1-2H3,(H2,17,18)(H,19,20). The van der Waals surface area contributed by atoms with Crippen molar-refractivity contribution in [3.05, 3.63) is 45.9 Å². The Balaban J connectivity index is 2.73. The Kier molecular flexibility index (Phi) is 3.63. The quantitative estimate of drug-likeness (QED) is 0.889. The van der Waals surface area contributed by atoms with Gasteiger partial charge < -0.3 is 10.8 Å². The van der Waals surface area contributed by atoms with Gasteiger partial charge in [-0.15, -0.1) is 0 Å². The smallest absolute Gasteiger partial charge is 0.356 e. The Bertz CT molecular complexity index is 717. The summed E-state index contributed by atoms with van der Waals surface area (Å²) in [5, 5.41) is 8.97. The molecule has 0 aliphatic heterocycles. The molecule has 1 heterocycles. The van der Waals surface area contributed by atoms with Gasteiger partial charge in [0.25, 0.3) is 0 Å². The number of rotatable bonds is 2. The molecule has 6 heteroatoms. The Hall–Kier alpha value is -2.14. The molecule has 0 amide bonds. The van der Waals surface area contributed by atoms with Crippen LogP contribution in [-0.2, 0) is 0 Å². The molecule has 1 aromatic heterocycles. The lowest BCUT2D eigenvalue weighted by molar-refractivity contribution is 0.0691. The minimum absolute atomic E-state index is 0.105. The molecule has 4 nitrogen and oxygen atoms in total. The van der Waals surface area contributed by atoms with E-state index >= 15 is 0 Å². The third-order valence-electron chi connectivity index (χ3n) is 3.08. The predicted octanol–water partition coefficient (Wildman–Crippen LogP) is 3.44. The molecule has 2 aromatic rings. The largest absolute Gasteiger partial charge is 0.476 e. The predicted molar refractivity (Wildman–Crippen MR) is 75.5 cm³/mol. The topological polar surface area (TPSA) is 76.2 Å². The van der Waals surface area contributed by atoms with Crippen LogP contribution >= 0.6 is 11.6 Å². The first-order valence-electron chi connectivity index (χ1n) is 5.78. The van der Waals surface area contributed by atoms with Gasteiger partial charge in [-0.2, -0.15) is 0 Å². The Morgan fingerprint density at radius 2 is 2.05 bits per heavy atom. The number of nitrogen functional groups attached to an aromatic ring is 1. The molecule has 0 radical (unpaired) electrons. The Morgan fingerprint density at radius 1 is 1.40 bits per heavy atom. The zero-order chi connectivity index (χ0) is 15.0. The number of pyridine rings is 1.